The van der Waals surface area contributed by atoms with E-state index >= 15 is 0 Å². The predicted octanol–water partition coefficient (Wildman–Crippen LogP) is 1.15. The molecular formula is C19H20N4O4S. The summed E-state index contributed by atoms with van der Waals surface area (Å²) in [5, 5.41) is 0. The first-order valence-electron chi connectivity index (χ1n) is 8.51. The number of carbonyl (C=O) groups is 2. The minimum absolute atomic E-state index is 0.111. The van der Waals surface area contributed by atoms with E-state index in [1.807, 2.05) is 26.0 Å². The van der Waals surface area contributed by atoms with Gasteiger partial charge in [0, 0.05) is 18.2 Å². The Labute approximate surface area is 163 Å². The number of sulfonamides is 1. The van der Waals surface area contributed by atoms with Crippen LogP contribution in [0, 0.1) is 13.8 Å². The molecule has 28 heavy (non-hydrogen) atoms. The Morgan fingerprint density at radius 2 is 1.79 bits per heavy atom. The molecule has 0 fully saturated rings. The second-order valence-corrected chi connectivity index (χ2v) is 8.14. The summed E-state index contributed by atoms with van der Waals surface area (Å²) in [6.07, 6.45) is 0. The summed E-state index contributed by atoms with van der Waals surface area (Å²) in [6, 6.07) is 11.8. The van der Waals surface area contributed by atoms with Crippen LogP contribution in [-0.2, 0) is 14.8 Å². The smallest absolute Gasteiger partial charge is 0.285 e. The van der Waals surface area contributed by atoms with Gasteiger partial charge in [-0.05, 0) is 37.6 Å². The van der Waals surface area contributed by atoms with Crippen molar-refractivity contribution in [3.8, 4) is 0 Å². The van der Waals surface area contributed by atoms with Crippen LogP contribution in [0.3, 0.4) is 0 Å². The van der Waals surface area contributed by atoms with E-state index in [9.17, 15) is 18.0 Å². The molecule has 0 saturated heterocycles. The number of nitrogens with one attached hydrogen (secondary N) is 2. The highest BCUT2D eigenvalue weighted by molar-refractivity contribution is 7.90. The molecule has 9 heteroatoms. The number of rotatable bonds is 3. The van der Waals surface area contributed by atoms with Crippen LogP contribution in [0.4, 0.5) is 0 Å². The Bertz CT molecular complexity index is 1090. The molecule has 2 amide bonds. The van der Waals surface area contributed by atoms with Crippen LogP contribution in [0.2, 0.25) is 0 Å². The van der Waals surface area contributed by atoms with Gasteiger partial charge in [0.05, 0.1) is 6.54 Å². The van der Waals surface area contributed by atoms with Crippen molar-refractivity contribution in [2.75, 3.05) is 13.6 Å². The standard InChI is InChI=1S/C19H20N4O4S/c1-12-8-9-14(13(2)10-12)19(25)21-20-17(24)11-23(3)18-15-6-4-5-7-16(15)28(26,27)22-18/h4-10H,11H2,1-3H3,(H,20,24)(H,21,25). The van der Waals surface area contributed by atoms with Crippen LogP contribution in [0.15, 0.2) is 51.8 Å². The molecule has 0 spiro atoms. The number of carbonyl (C=O) groups excluding carboxylic acids is 2. The van der Waals surface area contributed by atoms with Crippen molar-refractivity contribution < 1.29 is 18.0 Å². The second-order valence-electron chi connectivity index (χ2n) is 6.56. The van der Waals surface area contributed by atoms with E-state index < -0.39 is 21.8 Å². The molecule has 1 aliphatic rings. The number of benzene rings is 2. The number of likely N-dealkylation sites (N-methyl/N-ethyl adjacent to an activating group) is 1. The van der Waals surface area contributed by atoms with Gasteiger partial charge >= 0.3 is 0 Å². The quantitative estimate of drug-likeness (QED) is 0.752. The molecule has 3 rings (SSSR count). The van der Waals surface area contributed by atoms with E-state index in [-0.39, 0.29) is 17.3 Å². The molecular weight excluding hydrogens is 380 g/mol. The molecule has 0 bridgehead atoms. The van der Waals surface area contributed by atoms with Crippen LogP contribution in [-0.4, -0.2) is 44.6 Å². The molecule has 1 aliphatic heterocycles. The first-order valence-corrected chi connectivity index (χ1v) is 9.95. The minimum atomic E-state index is -3.76. The molecule has 2 N–H and O–H groups in total. The third kappa shape index (κ3) is 3.89. The zero-order valence-electron chi connectivity index (χ0n) is 15.7. The van der Waals surface area contributed by atoms with Crippen molar-refractivity contribution in [1.82, 2.24) is 15.8 Å². The maximum Gasteiger partial charge on any atom is 0.285 e. The number of fused-ring (bicyclic) bond motifs is 1. The van der Waals surface area contributed by atoms with E-state index in [1.54, 1.807) is 31.3 Å². The summed E-state index contributed by atoms with van der Waals surface area (Å²) >= 11 is 0. The zero-order chi connectivity index (χ0) is 20.5. The lowest BCUT2D eigenvalue weighted by atomic mass is 10.1. The fraction of sp³-hybridized carbons (Fsp3) is 0.211. The van der Waals surface area contributed by atoms with Crippen LogP contribution in [0.5, 0.6) is 0 Å². The lowest BCUT2D eigenvalue weighted by molar-refractivity contribution is -0.122. The van der Waals surface area contributed by atoms with Gasteiger partial charge in [0.15, 0.2) is 5.84 Å². The van der Waals surface area contributed by atoms with Gasteiger partial charge in [0.1, 0.15) is 4.90 Å². The van der Waals surface area contributed by atoms with Gasteiger partial charge in [-0.1, -0.05) is 29.8 Å². The van der Waals surface area contributed by atoms with Gasteiger partial charge in [0.2, 0.25) is 0 Å². The van der Waals surface area contributed by atoms with Crippen LogP contribution < -0.4 is 10.9 Å². The summed E-state index contributed by atoms with van der Waals surface area (Å²) in [4.78, 5) is 25.9. The van der Waals surface area contributed by atoms with Gasteiger partial charge in [0.25, 0.3) is 21.8 Å². The van der Waals surface area contributed by atoms with Crippen molar-refractivity contribution in [2.24, 2.45) is 4.40 Å². The molecule has 2 aromatic rings. The molecule has 8 nitrogen and oxygen atoms in total. The van der Waals surface area contributed by atoms with E-state index in [0.717, 1.165) is 11.1 Å². The summed E-state index contributed by atoms with van der Waals surface area (Å²) in [7, 11) is -2.20. The second kappa shape index (κ2) is 7.43. The molecule has 2 aromatic carbocycles. The Hall–Kier alpha value is -3.20. The normalized spacial score (nSPS) is 14.0. The topological polar surface area (TPSA) is 108 Å². The van der Waals surface area contributed by atoms with E-state index in [2.05, 4.69) is 15.2 Å². The van der Waals surface area contributed by atoms with E-state index in [0.29, 0.717) is 11.1 Å². The maximum absolute atomic E-state index is 12.2. The molecule has 1 heterocycles. The number of amides is 2. The summed E-state index contributed by atoms with van der Waals surface area (Å²) in [5.74, 6) is -0.754. The maximum atomic E-state index is 12.2. The average Bonchev–Trinajstić information content (AvgIpc) is 2.91. The van der Waals surface area contributed by atoms with Crippen molar-refractivity contribution in [1.29, 1.82) is 0 Å². The van der Waals surface area contributed by atoms with Gasteiger partial charge in [-0.2, -0.15) is 8.42 Å². The Kier molecular flexibility index (Phi) is 5.19. The third-order valence-corrected chi connectivity index (χ3v) is 5.62. The highest BCUT2D eigenvalue weighted by Crippen LogP contribution is 2.26. The predicted molar refractivity (Wildman–Crippen MR) is 104 cm³/mol. The number of hydrogen-bond acceptors (Lipinski definition) is 5. The molecule has 0 atom stereocenters. The highest BCUT2D eigenvalue weighted by Gasteiger charge is 2.30. The molecule has 0 aliphatic carbocycles. The highest BCUT2D eigenvalue weighted by atomic mass is 32.2. The number of amidine groups is 1. The van der Waals surface area contributed by atoms with Crippen molar-refractivity contribution in [3.63, 3.8) is 0 Å². The molecule has 0 aromatic heterocycles. The van der Waals surface area contributed by atoms with E-state index in [4.69, 9.17) is 0 Å². The molecule has 146 valence electrons. The molecule has 0 unspecified atom stereocenters. The minimum Gasteiger partial charge on any atom is -0.349 e. The van der Waals surface area contributed by atoms with Crippen molar-refractivity contribution >= 4 is 27.7 Å². The Balaban J connectivity index is 1.63. The number of hydrogen-bond donors (Lipinski definition) is 2. The number of nitrogens with zero attached hydrogens (tertiary/aromatic N) is 2. The number of aryl methyl sites for hydroxylation is 2. The fourth-order valence-corrected chi connectivity index (χ4v) is 4.21. The molecule has 0 saturated carbocycles. The zero-order valence-corrected chi connectivity index (χ0v) is 16.5. The summed E-state index contributed by atoms with van der Waals surface area (Å²) < 4.78 is 28.0. The van der Waals surface area contributed by atoms with Gasteiger partial charge in [-0.3, -0.25) is 20.4 Å². The Morgan fingerprint density at radius 1 is 1.07 bits per heavy atom. The largest absolute Gasteiger partial charge is 0.349 e. The van der Waals surface area contributed by atoms with Crippen LogP contribution in [0.1, 0.15) is 27.0 Å². The van der Waals surface area contributed by atoms with Gasteiger partial charge < -0.3 is 4.90 Å². The summed E-state index contributed by atoms with van der Waals surface area (Å²) in [5.41, 5.74) is 7.44. The third-order valence-electron chi connectivity index (χ3n) is 4.30. The number of hydrazine groups is 1. The van der Waals surface area contributed by atoms with E-state index in [1.165, 1.54) is 11.0 Å². The average molecular weight is 400 g/mol. The first kappa shape index (κ1) is 19.6. The van der Waals surface area contributed by atoms with Crippen LogP contribution in [0.25, 0.3) is 0 Å². The Morgan fingerprint density at radius 3 is 2.50 bits per heavy atom. The fourth-order valence-electron chi connectivity index (χ4n) is 2.96. The SMILES string of the molecule is Cc1ccc(C(=O)NNC(=O)CN(C)C2=NS(=O)(=O)c3ccccc32)c(C)c1. The van der Waals surface area contributed by atoms with Gasteiger partial charge in [-0.15, -0.1) is 4.40 Å². The lowest BCUT2D eigenvalue weighted by Crippen LogP contribution is -2.46. The van der Waals surface area contributed by atoms with Crippen molar-refractivity contribution in [3.05, 3.63) is 64.7 Å². The monoisotopic (exact) mass is 400 g/mol. The summed E-state index contributed by atoms with van der Waals surface area (Å²) in [6.45, 7) is 3.56. The van der Waals surface area contributed by atoms with Gasteiger partial charge in [-0.25, -0.2) is 0 Å². The first-order chi connectivity index (χ1) is 13.2. The lowest BCUT2D eigenvalue weighted by Gasteiger charge is -2.18. The van der Waals surface area contributed by atoms with Crippen LogP contribution >= 0.6 is 0 Å². The van der Waals surface area contributed by atoms with Crippen molar-refractivity contribution in [2.45, 2.75) is 18.7 Å². The molecule has 0 radical (unpaired) electrons.